The van der Waals surface area contributed by atoms with E-state index in [0.717, 1.165) is 0 Å². The average molecular weight is 315 g/mol. The van der Waals surface area contributed by atoms with Crippen LogP contribution in [0, 0.1) is 0 Å². The minimum absolute atomic E-state index is 0.180. The number of carboxylic acid groups (broad SMARTS) is 1. The van der Waals surface area contributed by atoms with Gasteiger partial charge in [-0.15, -0.1) is 0 Å². The van der Waals surface area contributed by atoms with E-state index in [2.05, 4.69) is 5.32 Å². The third-order valence-corrected chi connectivity index (χ3v) is 3.19. The summed E-state index contributed by atoms with van der Waals surface area (Å²) < 4.78 is 4.88. The van der Waals surface area contributed by atoms with Gasteiger partial charge < -0.3 is 25.3 Å². The van der Waals surface area contributed by atoms with Gasteiger partial charge in [0.05, 0.1) is 36.3 Å². The van der Waals surface area contributed by atoms with Crippen LogP contribution in [0.4, 0.5) is 5.69 Å². The predicted molar refractivity (Wildman–Crippen MR) is 76.8 cm³/mol. The van der Waals surface area contributed by atoms with Gasteiger partial charge in [-0.3, -0.25) is 4.79 Å². The number of ether oxygens (including phenoxy) is 1. The molecular formula is C14H19ClN2O4. The summed E-state index contributed by atoms with van der Waals surface area (Å²) in [6.45, 7) is 1.09. The molecule has 0 aliphatic rings. The largest absolute Gasteiger partial charge is 0.544 e. The maximum Gasteiger partial charge on any atom is 0.230 e. The van der Waals surface area contributed by atoms with Crippen LogP contribution in [0.15, 0.2) is 24.3 Å². The van der Waals surface area contributed by atoms with Crippen molar-refractivity contribution in [2.24, 2.45) is 0 Å². The Morgan fingerprint density at radius 2 is 2.14 bits per heavy atom. The van der Waals surface area contributed by atoms with E-state index in [1.807, 2.05) is 0 Å². The summed E-state index contributed by atoms with van der Waals surface area (Å²) in [5, 5.41) is 15.6. The van der Waals surface area contributed by atoms with E-state index in [1.54, 1.807) is 36.7 Å². The molecule has 116 valence electrons. The molecule has 0 aliphatic carbocycles. The van der Waals surface area contributed by atoms with E-state index in [9.17, 15) is 14.7 Å². The van der Waals surface area contributed by atoms with Crippen molar-refractivity contribution in [2.75, 3.05) is 25.6 Å². The highest BCUT2D eigenvalue weighted by Gasteiger charge is 2.18. The minimum atomic E-state index is -1.26. The van der Waals surface area contributed by atoms with Gasteiger partial charge in [0.25, 0.3) is 0 Å². The average Bonchev–Trinajstić information content (AvgIpc) is 2.44. The molecule has 0 saturated carbocycles. The molecule has 1 rings (SSSR count). The molecule has 0 heterocycles. The molecule has 0 unspecified atom stereocenters. The van der Waals surface area contributed by atoms with Crippen LogP contribution < -0.4 is 15.7 Å². The van der Waals surface area contributed by atoms with Crippen molar-refractivity contribution in [1.29, 1.82) is 0 Å². The number of nitrogens with one attached hydrogen (secondary N) is 1. The summed E-state index contributed by atoms with van der Waals surface area (Å²) in [5.41, 5.74) is 0.459. The van der Waals surface area contributed by atoms with Gasteiger partial charge in [-0.25, -0.2) is 0 Å². The van der Waals surface area contributed by atoms with Crippen molar-refractivity contribution in [3.63, 3.8) is 0 Å². The number of carbonyl (C=O) groups excluding carboxylic acids is 2. The summed E-state index contributed by atoms with van der Waals surface area (Å²) in [6, 6.07) is 5.84. The van der Waals surface area contributed by atoms with Crippen molar-refractivity contribution in [3.8, 4) is 0 Å². The van der Waals surface area contributed by atoms with Crippen LogP contribution in [-0.4, -0.2) is 38.2 Å². The number of rotatable bonds is 9. The lowest BCUT2D eigenvalue weighted by molar-refractivity contribution is -0.682. The molecule has 6 nitrogen and oxygen atoms in total. The smallest absolute Gasteiger partial charge is 0.230 e. The predicted octanol–water partition coefficient (Wildman–Crippen LogP) is -0.613. The minimum Gasteiger partial charge on any atom is -0.544 e. The highest BCUT2D eigenvalue weighted by Crippen LogP contribution is 2.20. The Hall–Kier alpha value is -1.63. The van der Waals surface area contributed by atoms with Gasteiger partial charge in [-0.1, -0.05) is 23.7 Å². The second-order valence-corrected chi connectivity index (χ2v) is 4.94. The third kappa shape index (κ3) is 6.57. The first-order valence-electron chi connectivity index (χ1n) is 6.62. The first-order valence-corrected chi connectivity index (χ1v) is 7.00. The van der Waals surface area contributed by atoms with E-state index in [4.69, 9.17) is 16.3 Å². The fourth-order valence-corrected chi connectivity index (χ4v) is 1.96. The molecule has 21 heavy (non-hydrogen) atoms. The molecule has 0 radical (unpaired) electrons. The SMILES string of the molecule is COCCC[NH2+][C@@H](CC(=O)Nc1ccccc1Cl)C(=O)[O-]. The zero-order valence-corrected chi connectivity index (χ0v) is 12.6. The van der Waals surface area contributed by atoms with Crippen LogP contribution in [0.2, 0.25) is 5.02 Å². The Labute approximate surface area is 128 Å². The summed E-state index contributed by atoms with van der Waals surface area (Å²) >= 11 is 5.92. The Morgan fingerprint density at radius 1 is 1.43 bits per heavy atom. The van der Waals surface area contributed by atoms with Gasteiger partial charge in [0.2, 0.25) is 5.91 Å². The monoisotopic (exact) mass is 314 g/mol. The van der Waals surface area contributed by atoms with E-state index in [1.165, 1.54) is 0 Å². The number of hydrogen-bond acceptors (Lipinski definition) is 4. The number of hydrogen-bond donors (Lipinski definition) is 2. The number of carboxylic acids is 1. The van der Waals surface area contributed by atoms with E-state index in [0.29, 0.717) is 30.3 Å². The lowest BCUT2D eigenvalue weighted by Gasteiger charge is -2.16. The molecule has 0 spiro atoms. The summed E-state index contributed by atoms with van der Waals surface area (Å²) in [5.74, 6) is -1.68. The molecule has 0 aliphatic heterocycles. The first-order chi connectivity index (χ1) is 10.0. The Kier molecular flexibility index (Phi) is 7.74. The summed E-state index contributed by atoms with van der Waals surface area (Å²) in [6.07, 6.45) is 0.521. The van der Waals surface area contributed by atoms with Crippen LogP contribution in [0.5, 0.6) is 0 Å². The quantitative estimate of drug-likeness (QED) is 0.594. The van der Waals surface area contributed by atoms with Crippen molar-refractivity contribution < 1.29 is 24.7 Å². The Bertz CT molecular complexity index is 482. The van der Waals surface area contributed by atoms with Crippen LogP contribution in [-0.2, 0) is 14.3 Å². The van der Waals surface area contributed by atoms with Crippen LogP contribution in [0.25, 0.3) is 0 Å². The number of carbonyl (C=O) groups is 2. The fourth-order valence-electron chi connectivity index (χ4n) is 1.77. The molecule has 0 bridgehead atoms. The van der Waals surface area contributed by atoms with E-state index < -0.39 is 17.9 Å². The maximum absolute atomic E-state index is 11.9. The second-order valence-electron chi connectivity index (χ2n) is 4.53. The van der Waals surface area contributed by atoms with E-state index >= 15 is 0 Å². The first kappa shape index (κ1) is 17.4. The molecule has 7 heteroatoms. The molecule has 3 N–H and O–H groups in total. The molecule has 1 atom stereocenters. The van der Waals surface area contributed by atoms with Gasteiger partial charge in [0, 0.05) is 13.5 Å². The molecule has 1 aromatic carbocycles. The molecule has 0 saturated heterocycles. The molecule has 1 aromatic rings. The number of halogens is 1. The lowest BCUT2D eigenvalue weighted by Crippen LogP contribution is -2.93. The molecule has 0 aromatic heterocycles. The topological polar surface area (TPSA) is 95.1 Å². The number of anilines is 1. The van der Waals surface area contributed by atoms with Gasteiger partial charge in [0.1, 0.15) is 6.04 Å². The Morgan fingerprint density at radius 3 is 2.76 bits per heavy atom. The zero-order valence-electron chi connectivity index (χ0n) is 11.8. The van der Waals surface area contributed by atoms with Crippen LogP contribution in [0.3, 0.4) is 0 Å². The normalized spacial score (nSPS) is 11.9. The maximum atomic E-state index is 11.9. The highest BCUT2D eigenvalue weighted by atomic mass is 35.5. The number of nitrogens with two attached hydrogens (primary N) is 1. The van der Waals surface area contributed by atoms with Crippen molar-refractivity contribution in [1.82, 2.24) is 0 Å². The Balaban J connectivity index is 2.49. The highest BCUT2D eigenvalue weighted by molar-refractivity contribution is 6.33. The number of benzene rings is 1. The zero-order chi connectivity index (χ0) is 15.7. The summed E-state index contributed by atoms with van der Waals surface area (Å²) in [4.78, 5) is 22.9. The molecule has 0 fully saturated rings. The van der Waals surface area contributed by atoms with Gasteiger partial charge in [0.15, 0.2) is 0 Å². The van der Waals surface area contributed by atoms with Crippen LogP contribution >= 0.6 is 11.6 Å². The van der Waals surface area contributed by atoms with Crippen molar-refractivity contribution >= 4 is 29.2 Å². The second kappa shape index (κ2) is 9.33. The number of methoxy groups -OCH3 is 1. The lowest BCUT2D eigenvalue weighted by atomic mass is 10.2. The van der Waals surface area contributed by atoms with Crippen LogP contribution in [0.1, 0.15) is 12.8 Å². The molecular weight excluding hydrogens is 296 g/mol. The number of para-hydroxylation sites is 1. The number of aliphatic carboxylic acids is 1. The van der Waals surface area contributed by atoms with Crippen molar-refractivity contribution in [3.05, 3.63) is 29.3 Å². The third-order valence-electron chi connectivity index (χ3n) is 2.86. The van der Waals surface area contributed by atoms with Gasteiger partial charge in [-0.05, 0) is 12.1 Å². The number of quaternary nitrogens is 1. The van der Waals surface area contributed by atoms with Gasteiger partial charge >= 0.3 is 0 Å². The standard InChI is InChI=1S/C14H19ClN2O4/c1-21-8-4-7-16-12(14(19)20)9-13(18)17-11-6-3-2-5-10(11)15/h2-3,5-6,12,16H,4,7-9H2,1H3,(H,17,18)(H,19,20)/t12-/m0/s1. The summed E-state index contributed by atoms with van der Waals surface area (Å²) in [7, 11) is 1.58. The molecule has 1 amide bonds. The number of amides is 1. The fraction of sp³-hybridized carbons (Fsp3) is 0.429. The van der Waals surface area contributed by atoms with Crippen molar-refractivity contribution in [2.45, 2.75) is 18.9 Å². The van der Waals surface area contributed by atoms with E-state index in [-0.39, 0.29) is 6.42 Å². The van der Waals surface area contributed by atoms with Gasteiger partial charge in [-0.2, -0.15) is 0 Å².